The molecular formula is C33H33ClN2O6S. The Labute approximate surface area is 259 Å². The summed E-state index contributed by atoms with van der Waals surface area (Å²) < 4.78 is 18.1. The van der Waals surface area contributed by atoms with Crippen LogP contribution in [0.5, 0.6) is 17.2 Å². The fourth-order valence-electron chi connectivity index (χ4n) is 4.80. The number of benzene rings is 3. The third-order valence-corrected chi connectivity index (χ3v) is 8.30. The summed E-state index contributed by atoms with van der Waals surface area (Å²) in [5, 5.41) is 12.4. The normalized spacial score (nSPS) is 16.3. The zero-order valence-electron chi connectivity index (χ0n) is 24.4. The molecule has 0 bridgehead atoms. The second-order valence-corrected chi connectivity index (χ2v) is 12.0. The summed E-state index contributed by atoms with van der Waals surface area (Å²) in [6, 6.07) is 16.3. The lowest BCUT2D eigenvalue weighted by Gasteiger charge is -2.24. The monoisotopic (exact) mass is 620 g/mol. The van der Waals surface area contributed by atoms with E-state index in [0.29, 0.717) is 63.2 Å². The number of fused-ring (bicyclic) bond motifs is 1. The Kier molecular flexibility index (Phi) is 9.22. The molecule has 1 aliphatic heterocycles. The first kappa shape index (κ1) is 30.4. The number of ether oxygens (including phenoxy) is 3. The number of rotatable bonds is 11. The quantitative estimate of drug-likeness (QED) is 0.104. The molecule has 0 aliphatic carbocycles. The minimum Gasteiger partial charge on any atom is -0.507 e. The van der Waals surface area contributed by atoms with Crippen LogP contribution in [0, 0.1) is 5.92 Å². The highest BCUT2D eigenvalue weighted by molar-refractivity contribution is 7.22. The summed E-state index contributed by atoms with van der Waals surface area (Å²) in [5.74, 6) is 0.190. The first-order valence-electron chi connectivity index (χ1n) is 14.1. The maximum atomic E-state index is 13.7. The molecule has 1 amide bonds. The summed E-state index contributed by atoms with van der Waals surface area (Å²) in [4.78, 5) is 33.3. The zero-order valence-corrected chi connectivity index (χ0v) is 26.0. The average Bonchev–Trinajstić information content (AvgIpc) is 3.53. The number of carbonyl (C=O) groups excluding carboxylic acids is 2. The van der Waals surface area contributed by atoms with Gasteiger partial charge in [0.1, 0.15) is 11.5 Å². The lowest BCUT2D eigenvalue weighted by atomic mass is 9.95. The fourth-order valence-corrected chi connectivity index (χ4v) is 6.07. The molecule has 224 valence electrons. The van der Waals surface area contributed by atoms with E-state index >= 15 is 0 Å². The number of Topliss-reactive ketones (excluding diaryl/α,β-unsaturated/α-hetero) is 1. The molecule has 0 spiro atoms. The fraction of sp³-hybridized carbons (Fsp3) is 0.303. The Morgan fingerprint density at radius 2 is 1.79 bits per heavy atom. The number of aromatic nitrogens is 1. The first-order chi connectivity index (χ1) is 20.7. The molecule has 1 atom stereocenters. The molecule has 4 aromatic rings. The van der Waals surface area contributed by atoms with E-state index in [1.807, 2.05) is 6.92 Å². The van der Waals surface area contributed by atoms with Gasteiger partial charge in [0.25, 0.3) is 5.78 Å². The molecule has 5 rings (SSSR count). The predicted molar refractivity (Wildman–Crippen MR) is 170 cm³/mol. The van der Waals surface area contributed by atoms with Gasteiger partial charge in [-0.3, -0.25) is 14.5 Å². The lowest BCUT2D eigenvalue weighted by Crippen LogP contribution is -2.29. The van der Waals surface area contributed by atoms with Crippen LogP contribution in [0.25, 0.3) is 16.0 Å². The molecule has 0 radical (unpaired) electrons. The Balaban J connectivity index is 1.63. The molecule has 0 saturated carbocycles. The number of hydrogen-bond donors (Lipinski definition) is 1. The minimum absolute atomic E-state index is 0.0555. The smallest absolute Gasteiger partial charge is 0.301 e. The van der Waals surface area contributed by atoms with Gasteiger partial charge in [-0.15, -0.1) is 0 Å². The van der Waals surface area contributed by atoms with Crippen LogP contribution < -0.4 is 19.1 Å². The summed E-state index contributed by atoms with van der Waals surface area (Å²) in [5.41, 5.74) is 1.51. The average molecular weight is 621 g/mol. The highest BCUT2D eigenvalue weighted by Crippen LogP contribution is 2.46. The van der Waals surface area contributed by atoms with Crippen LogP contribution in [0.3, 0.4) is 0 Å². The number of thiazole rings is 1. The van der Waals surface area contributed by atoms with Crippen molar-refractivity contribution < 1.29 is 28.9 Å². The second-order valence-electron chi connectivity index (χ2n) is 10.6. The summed E-state index contributed by atoms with van der Waals surface area (Å²) >= 11 is 7.45. The molecule has 3 aromatic carbocycles. The molecule has 1 aromatic heterocycles. The van der Waals surface area contributed by atoms with Gasteiger partial charge in [-0.25, -0.2) is 4.98 Å². The van der Waals surface area contributed by atoms with Crippen LogP contribution in [-0.2, 0) is 9.59 Å². The number of nitrogens with zero attached hydrogens (tertiary/aromatic N) is 2. The first-order valence-corrected chi connectivity index (χ1v) is 15.3. The van der Waals surface area contributed by atoms with E-state index < -0.39 is 17.7 Å². The van der Waals surface area contributed by atoms with Gasteiger partial charge >= 0.3 is 5.91 Å². The van der Waals surface area contributed by atoms with Gasteiger partial charge in [-0.1, -0.05) is 49.8 Å². The van der Waals surface area contributed by atoms with Gasteiger partial charge in [-0.2, -0.15) is 0 Å². The largest absolute Gasteiger partial charge is 0.507 e. The van der Waals surface area contributed by atoms with Gasteiger partial charge in [-0.05, 0) is 78.9 Å². The van der Waals surface area contributed by atoms with Crippen molar-refractivity contribution in [3.8, 4) is 17.2 Å². The van der Waals surface area contributed by atoms with Gasteiger partial charge in [0.2, 0.25) is 0 Å². The number of aliphatic hydroxyl groups is 1. The molecule has 1 unspecified atom stereocenters. The third-order valence-electron chi connectivity index (χ3n) is 7.05. The number of hydrogen-bond acceptors (Lipinski definition) is 8. The Morgan fingerprint density at radius 3 is 2.49 bits per heavy atom. The third kappa shape index (κ3) is 6.33. The van der Waals surface area contributed by atoms with Crippen LogP contribution in [0.1, 0.15) is 50.8 Å². The number of ketones is 1. The number of anilines is 1. The molecule has 1 N–H and O–H groups in total. The van der Waals surface area contributed by atoms with Crippen molar-refractivity contribution in [3.05, 3.63) is 82.4 Å². The molecular weight excluding hydrogens is 588 g/mol. The predicted octanol–water partition coefficient (Wildman–Crippen LogP) is 7.80. The summed E-state index contributed by atoms with van der Waals surface area (Å²) in [6.45, 7) is 7.32. The van der Waals surface area contributed by atoms with Gasteiger partial charge in [0, 0.05) is 10.6 Å². The topological polar surface area (TPSA) is 98.2 Å². The van der Waals surface area contributed by atoms with Crippen LogP contribution in [0.2, 0.25) is 5.02 Å². The minimum atomic E-state index is -0.981. The number of amides is 1. The van der Waals surface area contributed by atoms with E-state index in [4.69, 9.17) is 25.8 Å². The number of halogens is 1. The Hall–Kier alpha value is -4.08. The summed E-state index contributed by atoms with van der Waals surface area (Å²) in [7, 11) is 1.53. The van der Waals surface area contributed by atoms with Crippen LogP contribution in [0.4, 0.5) is 5.13 Å². The standard InChI is InChI=1S/C33H33ClN2O6S/c1-5-15-41-23-10-6-20(7-11-23)30(37)28-29(21-8-13-25(26(17-21)40-4)42-16-14-19(2)3)36(32(39)31(28)38)33-35-24-12-9-22(34)18-27(24)43-33/h6-13,17-19,29,37H,5,14-16H2,1-4H3. The number of aliphatic hydroxyl groups excluding tert-OH is 1. The molecule has 1 fully saturated rings. The molecule has 2 heterocycles. The van der Waals surface area contributed by atoms with E-state index in [1.54, 1.807) is 60.7 Å². The van der Waals surface area contributed by atoms with E-state index in [1.165, 1.54) is 23.3 Å². The van der Waals surface area contributed by atoms with E-state index in [-0.39, 0.29) is 11.3 Å². The van der Waals surface area contributed by atoms with Gasteiger partial charge < -0.3 is 19.3 Å². The van der Waals surface area contributed by atoms with Crippen LogP contribution >= 0.6 is 22.9 Å². The van der Waals surface area contributed by atoms with E-state index in [2.05, 4.69) is 18.8 Å². The van der Waals surface area contributed by atoms with Crippen molar-refractivity contribution in [1.29, 1.82) is 0 Å². The van der Waals surface area contributed by atoms with Crippen LogP contribution in [0.15, 0.2) is 66.2 Å². The highest BCUT2D eigenvalue weighted by Gasteiger charge is 2.48. The molecule has 10 heteroatoms. The molecule has 1 aliphatic rings. The van der Waals surface area contributed by atoms with Crippen molar-refractivity contribution in [3.63, 3.8) is 0 Å². The number of methoxy groups -OCH3 is 1. The van der Waals surface area contributed by atoms with E-state index in [0.717, 1.165) is 17.5 Å². The maximum absolute atomic E-state index is 13.7. The molecule has 43 heavy (non-hydrogen) atoms. The van der Waals surface area contributed by atoms with Crippen LogP contribution in [-0.4, -0.2) is 42.1 Å². The van der Waals surface area contributed by atoms with Crippen molar-refractivity contribution in [2.75, 3.05) is 25.2 Å². The lowest BCUT2D eigenvalue weighted by molar-refractivity contribution is -0.132. The Morgan fingerprint density at radius 1 is 1.02 bits per heavy atom. The van der Waals surface area contributed by atoms with Gasteiger partial charge in [0.15, 0.2) is 16.6 Å². The van der Waals surface area contributed by atoms with Crippen molar-refractivity contribution in [2.24, 2.45) is 5.92 Å². The highest BCUT2D eigenvalue weighted by atomic mass is 35.5. The van der Waals surface area contributed by atoms with E-state index in [9.17, 15) is 14.7 Å². The van der Waals surface area contributed by atoms with Gasteiger partial charge in [0.05, 0.1) is 42.2 Å². The van der Waals surface area contributed by atoms with Crippen molar-refractivity contribution in [1.82, 2.24) is 4.98 Å². The molecule has 1 saturated heterocycles. The van der Waals surface area contributed by atoms with Crippen molar-refractivity contribution >= 4 is 55.7 Å². The van der Waals surface area contributed by atoms with Crippen molar-refractivity contribution in [2.45, 2.75) is 39.7 Å². The zero-order chi connectivity index (χ0) is 30.7. The maximum Gasteiger partial charge on any atom is 0.301 e. The number of carbonyl (C=O) groups is 2. The molecule has 8 nitrogen and oxygen atoms in total. The SMILES string of the molecule is CCCOc1ccc(C(O)=C2C(=O)C(=O)N(c3nc4ccc(Cl)cc4s3)C2c2ccc(OCCC(C)C)c(OC)c2)cc1. The second kappa shape index (κ2) is 13.1. The Bertz CT molecular complexity index is 1680. The summed E-state index contributed by atoms with van der Waals surface area (Å²) in [6.07, 6.45) is 1.73.